The molecule has 258 valence electrons. The Balaban J connectivity index is 1.13. The van der Waals surface area contributed by atoms with Crippen LogP contribution in [0.2, 0.25) is 0 Å². The van der Waals surface area contributed by atoms with Crippen molar-refractivity contribution in [3.63, 3.8) is 0 Å². The zero-order chi connectivity index (χ0) is 36.0. The second-order valence-electron chi connectivity index (χ2n) is 14.1. The summed E-state index contributed by atoms with van der Waals surface area (Å²) in [6.45, 7) is 0. The Bertz CT molecular complexity index is 3450. The molecule has 0 fully saturated rings. The van der Waals surface area contributed by atoms with Crippen molar-refractivity contribution in [3.8, 4) is 33.9 Å². The van der Waals surface area contributed by atoms with E-state index < -0.39 is 0 Å². The fourth-order valence-electron chi connectivity index (χ4n) is 8.53. The van der Waals surface area contributed by atoms with Crippen LogP contribution >= 0.6 is 0 Å². The molecule has 55 heavy (non-hydrogen) atoms. The van der Waals surface area contributed by atoms with Crippen molar-refractivity contribution in [3.05, 3.63) is 158 Å². The molecule has 4 heterocycles. The molecule has 0 aliphatic heterocycles. The lowest BCUT2D eigenvalue weighted by Crippen LogP contribution is -2.04. The first-order chi connectivity index (χ1) is 27.3. The molecular formula is C49H29N3O3. The smallest absolute Gasteiger partial charge is 0.167 e. The summed E-state index contributed by atoms with van der Waals surface area (Å²) < 4.78 is 19.7. The van der Waals surface area contributed by atoms with Crippen LogP contribution < -0.4 is 0 Å². The highest BCUT2D eigenvalue weighted by Crippen LogP contribution is 2.46. The summed E-state index contributed by atoms with van der Waals surface area (Å²) in [7, 11) is 0. The van der Waals surface area contributed by atoms with E-state index >= 15 is 0 Å². The average Bonchev–Trinajstić information content (AvgIpc) is 3.95. The fourth-order valence-corrected chi connectivity index (χ4v) is 8.53. The van der Waals surface area contributed by atoms with Gasteiger partial charge in [0.25, 0.3) is 0 Å². The molecular weight excluding hydrogens is 679 g/mol. The van der Waals surface area contributed by atoms with Crippen LogP contribution in [0.3, 0.4) is 0 Å². The van der Waals surface area contributed by atoms with Crippen LogP contribution in [0, 0.1) is 0 Å². The molecule has 0 bridgehead atoms. The summed E-state index contributed by atoms with van der Waals surface area (Å²) in [6, 6.07) is 45.7. The third-order valence-electron chi connectivity index (χ3n) is 11.0. The number of aromatic nitrogens is 3. The second kappa shape index (κ2) is 11.6. The maximum Gasteiger partial charge on any atom is 0.167 e. The van der Waals surface area contributed by atoms with Gasteiger partial charge in [-0.15, -0.1) is 0 Å². The summed E-state index contributed by atoms with van der Waals surface area (Å²) in [5.74, 6) is 1.79. The van der Waals surface area contributed by atoms with E-state index in [2.05, 4.69) is 103 Å². The molecule has 0 radical (unpaired) electrons. The van der Waals surface area contributed by atoms with Crippen molar-refractivity contribution in [1.29, 1.82) is 0 Å². The van der Waals surface area contributed by atoms with Gasteiger partial charge in [0.05, 0.1) is 5.56 Å². The molecule has 0 unspecified atom stereocenters. The van der Waals surface area contributed by atoms with Crippen LogP contribution in [-0.2, 0) is 0 Å². The first-order valence-electron chi connectivity index (χ1n) is 18.6. The minimum atomic E-state index is 0.562. The number of rotatable bonds is 4. The van der Waals surface area contributed by atoms with E-state index in [0.29, 0.717) is 17.5 Å². The van der Waals surface area contributed by atoms with Crippen LogP contribution in [-0.4, -0.2) is 15.0 Å². The van der Waals surface area contributed by atoms with E-state index in [1.54, 1.807) is 0 Å². The zero-order valence-corrected chi connectivity index (χ0v) is 29.4. The zero-order valence-electron chi connectivity index (χ0n) is 29.4. The standard InChI is InChI=1S/C49H29N3O3/c1-2-13-29(14-3-1)47-50-48(52-49(51-47)37-21-8-19-34-31-16-6-7-22-38(31)54-46(34)37)36-20-11-25-41-44(36)43-33(18-10-24-40(43)53-41)32-17-9-23-39-42(32)35-27-26-28-12-4-5-15-30(28)45(35)55-39/h1-2,4-13,15-27H,3,14H2. The third-order valence-corrected chi connectivity index (χ3v) is 11.0. The van der Waals surface area contributed by atoms with E-state index in [-0.39, 0.29) is 0 Å². The van der Waals surface area contributed by atoms with E-state index in [9.17, 15) is 0 Å². The molecule has 0 saturated carbocycles. The Kier molecular flexibility index (Phi) is 6.36. The predicted molar refractivity (Wildman–Crippen MR) is 222 cm³/mol. The largest absolute Gasteiger partial charge is 0.456 e. The molecule has 0 atom stereocenters. The number of fused-ring (bicyclic) bond motifs is 11. The van der Waals surface area contributed by atoms with Crippen LogP contribution in [0.4, 0.5) is 0 Å². The normalized spacial score (nSPS) is 13.3. The molecule has 7 aromatic carbocycles. The number of nitrogens with zero attached hydrogens (tertiary/aromatic N) is 3. The van der Waals surface area contributed by atoms with E-state index in [0.717, 1.165) is 117 Å². The van der Waals surface area contributed by atoms with Gasteiger partial charge in [-0.3, -0.25) is 0 Å². The Hall–Kier alpha value is -7.31. The van der Waals surface area contributed by atoms with Crippen molar-refractivity contribution in [2.75, 3.05) is 0 Å². The van der Waals surface area contributed by atoms with Gasteiger partial charge in [-0.05, 0) is 71.3 Å². The molecule has 0 saturated heterocycles. The Morgan fingerprint density at radius 1 is 0.400 bits per heavy atom. The number of hydrogen-bond donors (Lipinski definition) is 0. The lowest BCUT2D eigenvalue weighted by atomic mass is 9.93. The molecule has 1 aliphatic carbocycles. The highest BCUT2D eigenvalue weighted by atomic mass is 16.3. The van der Waals surface area contributed by atoms with Gasteiger partial charge in [0, 0.05) is 43.3 Å². The van der Waals surface area contributed by atoms with Crippen molar-refractivity contribution >= 4 is 82.2 Å². The summed E-state index contributed by atoms with van der Waals surface area (Å²) in [6.07, 6.45) is 8.14. The van der Waals surface area contributed by atoms with Crippen molar-refractivity contribution in [2.24, 2.45) is 0 Å². The summed E-state index contributed by atoms with van der Waals surface area (Å²) in [5, 5.41) is 8.43. The number of furan rings is 3. The van der Waals surface area contributed by atoms with Crippen LogP contribution in [0.5, 0.6) is 0 Å². The van der Waals surface area contributed by atoms with Gasteiger partial charge in [0.15, 0.2) is 17.5 Å². The van der Waals surface area contributed by atoms with Crippen LogP contribution in [0.25, 0.3) is 116 Å². The van der Waals surface area contributed by atoms with Crippen molar-refractivity contribution < 1.29 is 13.3 Å². The average molecular weight is 708 g/mol. The van der Waals surface area contributed by atoms with Gasteiger partial charge >= 0.3 is 0 Å². The van der Waals surface area contributed by atoms with Crippen LogP contribution in [0.1, 0.15) is 18.7 Å². The van der Waals surface area contributed by atoms with Gasteiger partial charge < -0.3 is 13.3 Å². The van der Waals surface area contributed by atoms with Gasteiger partial charge in [-0.1, -0.05) is 115 Å². The monoisotopic (exact) mass is 707 g/mol. The molecule has 4 aromatic heterocycles. The summed E-state index contributed by atoms with van der Waals surface area (Å²) in [4.78, 5) is 15.6. The minimum Gasteiger partial charge on any atom is -0.456 e. The lowest BCUT2D eigenvalue weighted by molar-refractivity contribution is 0.668. The van der Waals surface area contributed by atoms with Crippen molar-refractivity contribution in [1.82, 2.24) is 15.0 Å². The van der Waals surface area contributed by atoms with Crippen molar-refractivity contribution in [2.45, 2.75) is 12.8 Å². The first kappa shape index (κ1) is 30.2. The van der Waals surface area contributed by atoms with Gasteiger partial charge in [-0.25, -0.2) is 15.0 Å². The lowest BCUT2D eigenvalue weighted by Gasteiger charge is -2.12. The number of para-hydroxylation sites is 2. The number of benzene rings is 7. The molecule has 1 aliphatic rings. The van der Waals surface area contributed by atoms with Gasteiger partial charge in [-0.2, -0.15) is 0 Å². The van der Waals surface area contributed by atoms with Gasteiger partial charge in [0.2, 0.25) is 0 Å². The highest BCUT2D eigenvalue weighted by Gasteiger charge is 2.24. The van der Waals surface area contributed by atoms with E-state index in [4.69, 9.17) is 28.2 Å². The molecule has 6 nitrogen and oxygen atoms in total. The molecule has 0 spiro atoms. The molecule has 11 aromatic rings. The maximum absolute atomic E-state index is 6.64. The van der Waals surface area contributed by atoms with E-state index in [1.165, 1.54) is 0 Å². The molecule has 0 N–H and O–H groups in total. The first-order valence-corrected chi connectivity index (χ1v) is 18.6. The number of allylic oxidation sites excluding steroid dienone is 4. The SMILES string of the molecule is C1=CCCC(c2nc(-c3cccc4c3oc3ccccc34)nc(-c3cccc4oc5cccc(-c6cccc7oc8c9ccccc9ccc8c67)c5c34)n2)=C1. The maximum atomic E-state index is 6.64. The Morgan fingerprint density at radius 2 is 1.00 bits per heavy atom. The number of hydrogen-bond acceptors (Lipinski definition) is 6. The van der Waals surface area contributed by atoms with E-state index in [1.807, 2.05) is 48.5 Å². The second-order valence-corrected chi connectivity index (χ2v) is 14.1. The topological polar surface area (TPSA) is 78.1 Å². The minimum absolute atomic E-state index is 0.562. The summed E-state index contributed by atoms with van der Waals surface area (Å²) >= 11 is 0. The predicted octanol–water partition coefficient (Wildman–Crippen LogP) is 13.5. The molecule has 12 rings (SSSR count). The fraction of sp³-hybridized carbons (Fsp3) is 0.0408. The van der Waals surface area contributed by atoms with Gasteiger partial charge in [0.1, 0.15) is 33.5 Å². The molecule has 6 heteroatoms. The molecule has 0 amide bonds. The Labute approximate surface area is 313 Å². The quantitative estimate of drug-likeness (QED) is 0.181. The van der Waals surface area contributed by atoms with Crippen LogP contribution in [0.15, 0.2) is 165 Å². The third kappa shape index (κ3) is 4.52. The summed E-state index contributed by atoms with van der Waals surface area (Å²) in [5.41, 5.74) is 9.75. The highest BCUT2D eigenvalue weighted by molar-refractivity contribution is 6.24. The Morgan fingerprint density at radius 3 is 1.82 bits per heavy atom.